The molecule has 0 N–H and O–H groups in total. The highest BCUT2D eigenvalue weighted by Gasteiger charge is 2.22. The van der Waals surface area contributed by atoms with Crippen LogP contribution in [0.1, 0.15) is 29.4 Å². The fourth-order valence-electron chi connectivity index (χ4n) is 2.68. The summed E-state index contributed by atoms with van der Waals surface area (Å²) in [5.41, 5.74) is 1.95. The monoisotopic (exact) mass is 248 g/mol. The molecule has 0 saturated carbocycles. The molecule has 3 rings (SSSR count). The van der Waals surface area contributed by atoms with Crippen molar-refractivity contribution in [3.63, 3.8) is 0 Å². The Morgan fingerprint density at radius 3 is 2.67 bits per heavy atom. The first kappa shape index (κ1) is 11.4. The molecule has 0 radical (unpaired) electrons. The van der Waals surface area contributed by atoms with Crippen molar-refractivity contribution in [2.75, 3.05) is 0 Å². The lowest BCUT2D eigenvalue weighted by Crippen LogP contribution is -2.19. The first-order valence-corrected chi connectivity index (χ1v) is 6.10. The Labute approximate surface area is 104 Å². The number of benzene rings is 1. The molecular formula is C14H14F2N2. The quantitative estimate of drug-likeness (QED) is 0.757. The second-order valence-electron chi connectivity index (χ2n) is 4.85. The maximum atomic E-state index is 13.2. The van der Waals surface area contributed by atoms with Crippen molar-refractivity contribution in [1.82, 2.24) is 9.55 Å². The normalized spacial score (nSPS) is 18.7. The number of imidazole rings is 1. The van der Waals surface area contributed by atoms with Crippen molar-refractivity contribution in [3.8, 4) is 0 Å². The number of hydrogen-bond donors (Lipinski definition) is 0. The molecule has 94 valence electrons. The summed E-state index contributed by atoms with van der Waals surface area (Å²) in [6.45, 7) is 2.71. The van der Waals surface area contributed by atoms with Crippen LogP contribution in [0, 0.1) is 18.6 Å². The van der Waals surface area contributed by atoms with E-state index in [1.807, 2.05) is 13.1 Å². The zero-order chi connectivity index (χ0) is 12.7. The van der Waals surface area contributed by atoms with Gasteiger partial charge in [-0.15, -0.1) is 0 Å². The van der Waals surface area contributed by atoms with Gasteiger partial charge < -0.3 is 4.57 Å². The topological polar surface area (TPSA) is 17.8 Å². The molecule has 2 heterocycles. The summed E-state index contributed by atoms with van der Waals surface area (Å²) in [4.78, 5) is 4.28. The van der Waals surface area contributed by atoms with Crippen molar-refractivity contribution in [3.05, 3.63) is 53.1 Å². The van der Waals surface area contributed by atoms with E-state index < -0.39 is 11.6 Å². The molecule has 0 saturated heterocycles. The Morgan fingerprint density at radius 1 is 1.22 bits per heavy atom. The molecule has 1 aliphatic rings. The minimum Gasteiger partial charge on any atom is -0.332 e. The van der Waals surface area contributed by atoms with Gasteiger partial charge in [0.25, 0.3) is 0 Å². The van der Waals surface area contributed by atoms with E-state index in [-0.39, 0.29) is 5.92 Å². The molecular weight excluding hydrogens is 234 g/mol. The van der Waals surface area contributed by atoms with Crippen molar-refractivity contribution in [1.29, 1.82) is 0 Å². The van der Waals surface area contributed by atoms with E-state index in [9.17, 15) is 8.78 Å². The number of hydrogen-bond acceptors (Lipinski definition) is 1. The highest BCUT2D eigenvalue weighted by molar-refractivity contribution is 5.24. The van der Waals surface area contributed by atoms with Crippen LogP contribution in [-0.2, 0) is 13.0 Å². The molecule has 18 heavy (non-hydrogen) atoms. The largest absolute Gasteiger partial charge is 0.332 e. The van der Waals surface area contributed by atoms with Crippen LogP contribution in [-0.4, -0.2) is 9.55 Å². The number of fused-ring (bicyclic) bond motifs is 1. The molecule has 1 aromatic heterocycles. The van der Waals surface area contributed by atoms with Crippen LogP contribution in [0.5, 0.6) is 0 Å². The van der Waals surface area contributed by atoms with Crippen molar-refractivity contribution < 1.29 is 8.78 Å². The first-order chi connectivity index (χ1) is 8.63. The number of rotatable bonds is 1. The number of aryl methyl sites for hydroxylation is 2. The van der Waals surface area contributed by atoms with Crippen LogP contribution in [0.25, 0.3) is 0 Å². The molecule has 1 aromatic carbocycles. The average Bonchev–Trinajstić information content (AvgIpc) is 2.69. The van der Waals surface area contributed by atoms with Gasteiger partial charge in [0.1, 0.15) is 17.5 Å². The number of halogens is 2. The third kappa shape index (κ3) is 1.92. The van der Waals surface area contributed by atoms with E-state index in [0.717, 1.165) is 36.8 Å². The minimum atomic E-state index is -0.502. The molecule has 1 aliphatic heterocycles. The van der Waals surface area contributed by atoms with Crippen molar-refractivity contribution in [2.24, 2.45) is 0 Å². The Hall–Kier alpha value is -1.71. The van der Waals surface area contributed by atoms with Gasteiger partial charge in [0.15, 0.2) is 0 Å². The fraction of sp³-hybridized carbons (Fsp3) is 0.357. The van der Waals surface area contributed by atoms with E-state index in [2.05, 4.69) is 9.55 Å². The Kier molecular flexibility index (Phi) is 2.65. The minimum absolute atomic E-state index is 0.163. The summed E-state index contributed by atoms with van der Waals surface area (Å²) in [7, 11) is 0. The van der Waals surface area contributed by atoms with Crippen molar-refractivity contribution in [2.45, 2.75) is 32.2 Å². The summed E-state index contributed by atoms with van der Waals surface area (Å²) < 4.78 is 28.6. The molecule has 1 unspecified atom stereocenters. The first-order valence-electron chi connectivity index (χ1n) is 6.10. The predicted octanol–water partition coefficient (Wildman–Crippen LogP) is 3.20. The van der Waals surface area contributed by atoms with E-state index in [1.165, 1.54) is 17.8 Å². The smallest absolute Gasteiger partial charge is 0.126 e. The Morgan fingerprint density at radius 2 is 1.94 bits per heavy atom. The summed E-state index contributed by atoms with van der Waals surface area (Å²) in [5.74, 6) is 0.124. The van der Waals surface area contributed by atoms with E-state index in [4.69, 9.17) is 0 Å². The molecule has 0 spiro atoms. The third-order valence-corrected chi connectivity index (χ3v) is 3.65. The van der Waals surface area contributed by atoms with Gasteiger partial charge in [-0.2, -0.15) is 0 Å². The second-order valence-corrected chi connectivity index (χ2v) is 4.85. The van der Waals surface area contributed by atoms with Gasteiger partial charge in [0.05, 0.1) is 0 Å². The molecule has 4 heteroatoms. The SMILES string of the molecule is Cc1ncc2n1CC(c1cc(F)cc(F)c1)CC2. The van der Waals surface area contributed by atoms with Crippen LogP contribution in [0.2, 0.25) is 0 Å². The molecule has 2 aromatic rings. The predicted molar refractivity (Wildman–Crippen MR) is 64.4 cm³/mol. The van der Waals surface area contributed by atoms with Crippen LogP contribution < -0.4 is 0 Å². The van der Waals surface area contributed by atoms with Gasteiger partial charge >= 0.3 is 0 Å². The lowest BCUT2D eigenvalue weighted by atomic mass is 9.90. The summed E-state index contributed by atoms with van der Waals surface area (Å²) in [6.07, 6.45) is 3.70. The van der Waals surface area contributed by atoms with Crippen LogP contribution in [0.4, 0.5) is 8.78 Å². The lowest BCUT2D eigenvalue weighted by molar-refractivity contribution is 0.451. The van der Waals surface area contributed by atoms with E-state index in [1.54, 1.807) is 0 Å². The molecule has 1 atom stereocenters. The number of aromatic nitrogens is 2. The van der Waals surface area contributed by atoms with Gasteiger partial charge in [-0.05, 0) is 37.5 Å². The van der Waals surface area contributed by atoms with Crippen LogP contribution in [0.3, 0.4) is 0 Å². The van der Waals surface area contributed by atoms with Gasteiger partial charge in [-0.1, -0.05) is 0 Å². The zero-order valence-electron chi connectivity index (χ0n) is 10.2. The fourth-order valence-corrected chi connectivity index (χ4v) is 2.68. The molecule has 0 aliphatic carbocycles. The Bertz CT molecular complexity index is 569. The summed E-state index contributed by atoms with van der Waals surface area (Å²) in [5, 5.41) is 0. The zero-order valence-corrected chi connectivity index (χ0v) is 10.2. The van der Waals surface area contributed by atoms with Crippen LogP contribution in [0.15, 0.2) is 24.4 Å². The van der Waals surface area contributed by atoms with E-state index in [0.29, 0.717) is 0 Å². The van der Waals surface area contributed by atoms with Gasteiger partial charge in [-0.3, -0.25) is 0 Å². The maximum Gasteiger partial charge on any atom is 0.126 e. The molecule has 2 nitrogen and oxygen atoms in total. The lowest BCUT2D eigenvalue weighted by Gasteiger charge is -2.25. The number of nitrogens with zero attached hydrogens (tertiary/aromatic N) is 2. The molecule has 0 fully saturated rings. The average molecular weight is 248 g/mol. The van der Waals surface area contributed by atoms with Gasteiger partial charge in [0, 0.05) is 30.4 Å². The third-order valence-electron chi connectivity index (χ3n) is 3.65. The standard InChI is InChI=1S/C14H14F2N2/c1-9-17-7-14-3-2-10(8-18(9)14)11-4-12(15)6-13(16)5-11/h4-7,10H,2-3,8H2,1H3. The van der Waals surface area contributed by atoms with Crippen molar-refractivity contribution >= 4 is 0 Å². The summed E-state index contributed by atoms with van der Waals surface area (Å²) in [6, 6.07) is 3.79. The maximum absolute atomic E-state index is 13.2. The highest BCUT2D eigenvalue weighted by Crippen LogP contribution is 2.30. The van der Waals surface area contributed by atoms with Gasteiger partial charge in [0.2, 0.25) is 0 Å². The molecule has 0 amide bonds. The van der Waals surface area contributed by atoms with Gasteiger partial charge in [-0.25, -0.2) is 13.8 Å². The second kappa shape index (κ2) is 4.19. The van der Waals surface area contributed by atoms with Crippen LogP contribution >= 0.6 is 0 Å². The van der Waals surface area contributed by atoms with E-state index >= 15 is 0 Å². The Balaban J connectivity index is 1.93. The summed E-state index contributed by atoms with van der Waals surface area (Å²) >= 11 is 0. The molecule has 0 bridgehead atoms. The highest BCUT2D eigenvalue weighted by atomic mass is 19.1.